The quantitative estimate of drug-likeness (QED) is 0.160. The Balaban J connectivity index is 0.872. The molecule has 67 heavy (non-hydrogen) atoms. The van der Waals surface area contributed by atoms with E-state index < -0.39 is 0 Å². The summed E-state index contributed by atoms with van der Waals surface area (Å²) in [5.41, 5.74) is 21.9. The molecule has 0 saturated heterocycles. The number of fused-ring (bicyclic) bond motifs is 10. The topological polar surface area (TPSA) is 51.6 Å². The van der Waals surface area contributed by atoms with Crippen molar-refractivity contribution < 1.29 is 0 Å². The SMILES string of the molecule is c1ccc(-c2nc(-c3ccc(-c4ccccn4)cc3)nc(-c3cccc(-c4cccc(-c5cccc(-c6cccc7c6-c6ccccc6C76c7ccccc7-c7ccccc76)c5)c4)c3)n2)cc1. The van der Waals surface area contributed by atoms with Gasteiger partial charge in [0.05, 0.1) is 11.1 Å². The van der Waals surface area contributed by atoms with Gasteiger partial charge < -0.3 is 0 Å². The third kappa shape index (κ3) is 6.29. The van der Waals surface area contributed by atoms with Crippen LogP contribution in [0.1, 0.15) is 22.3 Å². The van der Waals surface area contributed by atoms with E-state index >= 15 is 0 Å². The molecule has 0 saturated carbocycles. The van der Waals surface area contributed by atoms with Crippen LogP contribution in [0.3, 0.4) is 0 Å². The van der Waals surface area contributed by atoms with Crippen LogP contribution in [0.4, 0.5) is 0 Å². The van der Waals surface area contributed by atoms with Gasteiger partial charge in [0.1, 0.15) is 0 Å². The number of hydrogen-bond donors (Lipinski definition) is 0. The van der Waals surface area contributed by atoms with Gasteiger partial charge >= 0.3 is 0 Å². The van der Waals surface area contributed by atoms with Crippen LogP contribution in [0.15, 0.2) is 243 Å². The first-order chi connectivity index (χ1) is 33.2. The summed E-state index contributed by atoms with van der Waals surface area (Å²) in [6.07, 6.45) is 1.81. The molecule has 2 heterocycles. The Morgan fingerprint density at radius 3 is 1.27 bits per heavy atom. The molecule has 11 aromatic rings. The number of hydrogen-bond acceptors (Lipinski definition) is 4. The molecule has 0 radical (unpaired) electrons. The van der Waals surface area contributed by atoms with Crippen LogP contribution in [-0.4, -0.2) is 19.9 Å². The van der Waals surface area contributed by atoms with Crippen molar-refractivity contribution in [3.05, 3.63) is 265 Å². The van der Waals surface area contributed by atoms with Gasteiger partial charge in [-0.25, -0.2) is 15.0 Å². The lowest BCUT2D eigenvalue weighted by molar-refractivity contribution is 0.794. The zero-order valence-corrected chi connectivity index (χ0v) is 36.4. The normalized spacial score (nSPS) is 12.6. The van der Waals surface area contributed by atoms with Crippen molar-refractivity contribution >= 4 is 0 Å². The summed E-state index contributed by atoms with van der Waals surface area (Å²) >= 11 is 0. The molecule has 13 rings (SSSR count). The summed E-state index contributed by atoms with van der Waals surface area (Å²) in [6.45, 7) is 0. The highest BCUT2D eigenvalue weighted by Gasteiger charge is 2.51. The average molecular weight is 853 g/mol. The van der Waals surface area contributed by atoms with Gasteiger partial charge in [0.2, 0.25) is 0 Å². The smallest absolute Gasteiger partial charge is 0.164 e. The number of benzene rings is 9. The van der Waals surface area contributed by atoms with Crippen molar-refractivity contribution in [3.8, 4) is 101 Å². The van der Waals surface area contributed by atoms with Gasteiger partial charge in [0.15, 0.2) is 17.5 Å². The van der Waals surface area contributed by atoms with E-state index in [4.69, 9.17) is 15.0 Å². The monoisotopic (exact) mass is 852 g/mol. The van der Waals surface area contributed by atoms with Gasteiger partial charge in [-0.2, -0.15) is 0 Å². The van der Waals surface area contributed by atoms with Crippen LogP contribution < -0.4 is 0 Å². The van der Waals surface area contributed by atoms with E-state index in [1.165, 1.54) is 55.6 Å². The Kier molecular flexibility index (Phi) is 9.04. The second kappa shape index (κ2) is 15.7. The van der Waals surface area contributed by atoms with Crippen molar-refractivity contribution in [2.45, 2.75) is 5.41 Å². The fourth-order valence-corrected chi connectivity index (χ4v) is 10.6. The Labute approximate surface area is 389 Å². The van der Waals surface area contributed by atoms with E-state index in [9.17, 15) is 0 Å². The third-order valence-corrected chi connectivity index (χ3v) is 13.6. The lowest BCUT2D eigenvalue weighted by Gasteiger charge is -2.30. The average Bonchev–Trinajstić information content (AvgIpc) is 3.89. The third-order valence-electron chi connectivity index (χ3n) is 13.6. The van der Waals surface area contributed by atoms with E-state index in [0.717, 1.165) is 50.2 Å². The van der Waals surface area contributed by atoms with Crippen LogP contribution in [0.5, 0.6) is 0 Å². The molecule has 0 aliphatic heterocycles. The van der Waals surface area contributed by atoms with Gasteiger partial charge in [-0.3, -0.25) is 4.98 Å². The molecule has 9 aromatic carbocycles. The highest BCUT2D eigenvalue weighted by atomic mass is 15.0. The maximum atomic E-state index is 5.09. The largest absolute Gasteiger partial charge is 0.256 e. The zero-order valence-electron chi connectivity index (χ0n) is 36.4. The number of nitrogens with zero attached hydrogens (tertiary/aromatic N) is 4. The number of pyridine rings is 1. The summed E-state index contributed by atoms with van der Waals surface area (Å²) in [5, 5.41) is 0. The molecule has 2 aliphatic rings. The van der Waals surface area contributed by atoms with Gasteiger partial charge in [0, 0.05) is 28.5 Å². The highest BCUT2D eigenvalue weighted by Crippen LogP contribution is 2.64. The van der Waals surface area contributed by atoms with Crippen LogP contribution >= 0.6 is 0 Å². The summed E-state index contributed by atoms with van der Waals surface area (Å²) in [5.74, 6) is 1.86. The Morgan fingerprint density at radius 1 is 0.254 bits per heavy atom. The van der Waals surface area contributed by atoms with Crippen molar-refractivity contribution in [2.24, 2.45) is 0 Å². The molecule has 4 heteroatoms. The molecule has 4 nitrogen and oxygen atoms in total. The molecular weight excluding hydrogens is 813 g/mol. The van der Waals surface area contributed by atoms with Gasteiger partial charge in [-0.15, -0.1) is 0 Å². The molecular formula is C63H40N4. The first-order valence-corrected chi connectivity index (χ1v) is 22.8. The molecule has 1 spiro atoms. The first kappa shape index (κ1) is 38.6. The molecule has 2 aromatic heterocycles. The minimum Gasteiger partial charge on any atom is -0.256 e. The molecule has 0 fully saturated rings. The van der Waals surface area contributed by atoms with Crippen LogP contribution in [0, 0.1) is 0 Å². The van der Waals surface area contributed by atoms with E-state index in [1.807, 2.05) is 54.7 Å². The molecule has 0 unspecified atom stereocenters. The summed E-state index contributed by atoms with van der Waals surface area (Å²) in [6, 6.07) is 84.7. The Morgan fingerprint density at radius 2 is 0.657 bits per heavy atom. The maximum Gasteiger partial charge on any atom is 0.164 e. The molecule has 0 atom stereocenters. The fraction of sp³-hybridized carbons (Fsp3) is 0.0159. The van der Waals surface area contributed by atoms with Crippen molar-refractivity contribution in [1.29, 1.82) is 0 Å². The molecule has 0 N–H and O–H groups in total. The fourth-order valence-electron chi connectivity index (χ4n) is 10.6. The Hall–Kier alpha value is -8.86. The van der Waals surface area contributed by atoms with Crippen molar-refractivity contribution in [3.63, 3.8) is 0 Å². The first-order valence-electron chi connectivity index (χ1n) is 22.8. The van der Waals surface area contributed by atoms with E-state index in [-0.39, 0.29) is 5.41 Å². The molecule has 2 aliphatic carbocycles. The van der Waals surface area contributed by atoms with E-state index in [2.05, 4.69) is 193 Å². The van der Waals surface area contributed by atoms with Crippen LogP contribution in [0.2, 0.25) is 0 Å². The molecule has 0 bridgehead atoms. The maximum absolute atomic E-state index is 5.09. The lowest BCUT2D eigenvalue weighted by Crippen LogP contribution is -2.25. The predicted octanol–water partition coefficient (Wildman–Crippen LogP) is 15.3. The predicted molar refractivity (Wildman–Crippen MR) is 272 cm³/mol. The van der Waals surface area contributed by atoms with Gasteiger partial charge in [-0.05, 0) is 108 Å². The number of aromatic nitrogens is 4. The van der Waals surface area contributed by atoms with Gasteiger partial charge in [0.25, 0.3) is 0 Å². The summed E-state index contributed by atoms with van der Waals surface area (Å²) < 4.78 is 0. The lowest BCUT2D eigenvalue weighted by atomic mass is 9.70. The molecule has 312 valence electrons. The minimum atomic E-state index is -0.381. The van der Waals surface area contributed by atoms with Crippen molar-refractivity contribution in [2.75, 3.05) is 0 Å². The summed E-state index contributed by atoms with van der Waals surface area (Å²) in [7, 11) is 0. The molecule has 0 amide bonds. The second-order valence-corrected chi connectivity index (χ2v) is 17.3. The zero-order chi connectivity index (χ0) is 44.3. The minimum absolute atomic E-state index is 0.381. The van der Waals surface area contributed by atoms with Crippen molar-refractivity contribution in [1.82, 2.24) is 19.9 Å². The standard InChI is InChI=1S/C63H40N4/c1-2-16-42(17-3-1)60-65-61(43-35-33-41(34-36-43)58-32-10-11-37-64-58)67-62(66-60)49-23-14-21-47(40-49)45-19-12-18-44(38-45)46-20-13-22-48(39-46)50-27-15-31-57-59(50)53-26-6-9-30-56(53)63(57)54-28-7-4-24-51(54)52-25-5-8-29-55(52)63/h1-40H. The van der Waals surface area contributed by atoms with Crippen LogP contribution in [0.25, 0.3) is 101 Å². The summed E-state index contributed by atoms with van der Waals surface area (Å²) in [4.78, 5) is 19.7. The second-order valence-electron chi connectivity index (χ2n) is 17.3. The van der Waals surface area contributed by atoms with E-state index in [1.54, 1.807) is 0 Å². The van der Waals surface area contributed by atoms with Crippen LogP contribution in [-0.2, 0) is 5.41 Å². The highest BCUT2D eigenvalue weighted by molar-refractivity contribution is 6.00. The number of rotatable bonds is 7. The Bertz CT molecular complexity index is 3640. The van der Waals surface area contributed by atoms with E-state index in [0.29, 0.717) is 17.5 Å². The van der Waals surface area contributed by atoms with Gasteiger partial charge in [-0.1, -0.05) is 206 Å².